The van der Waals surface area contributed by atoms with Crippen molar-refractivity contribution in [3.05, 3.63) is 46.5 Å². The molecule has 0 spiro atoms. The van der Waals surface area contributed by atoms with E-state index in [4.69, 9.17) is 4.74 Å². The average Bonchev–Trinajstić information content (AvgIpc) is 3.17. The molecule has 1 fully saturated rings. The first kappa shape index (κ1) is 14.8. The van der Waals surface area contributed by atoms with E-state index < -0.39 is 0 Å². The largest absolute Gasteiger partial charge is 0.380 e. The Labute approximate surface area is 139 Å². The molecule has 1 aromatic carbocycles. The fourth-order valence-electron chi connectivity index (χ4n) is 3.22. The van der Waals surface area contributed by atoms with Gasteiger partial charge in [0.1, 0.15) is 0 Å². The van der Waals surface area contributed by atoms with Crippen LogP contribution in [0.5, 0.6) is 0 Å². The molecule has 3 heterocycles. The molecule has 3 aromatic rings. The van der Waals surface area contributed by atoms with Gasteiger partial charge in [0, 0.05) is 30.4 Å². The zero-order valence-corrected chi connectivity index (χ0v) is 13.8. The van der Waals surface area contributed by atoms with Gasteiger partial charge >= 0.3 is 0 Å². The van der Waals surface area contributed by atoms with Gasteiger partial charge in [-0.2, -0.15) is 5.10 Å². The maximum Gasteiger partial charge on any atom is 0.0795 e. The van der Waals surface area contributed by atoms with E-state index in [0.717, 1.165) is 50.5 Å². The first-order valence-electron chi connectivity index (χ1n) is 7.96. The molecule has 0 aliphatic carbocycles. The Balaban J connectivity index is 1.44. The van der Waals surface area contributed by atoms with E-state index in [2.05, 4.69) is 43.7 Å². The first-order chi connectivity index (χ1) is 11.4. The van der Waals surface area contributed by atoms with E-state index in [-0.39, 0.29) is 0 Å². The second-order valence-electron chi connectivity index (χ2n) is 6.15. The SMILES string of the molecule is c1nc(CN2CCOCC(Cc3ccc4[nH]ncc4c3)C2)cs1. The van der Waals surface area contributed by atoms with Gasteiger partial charge in [-0.3, -0.25) is 10.00 Å². The lowest BCUT2D eigenvalue weighted by atomic mass is 9.98. The normalized spacial score (nSPS) is 19.9. The molecule has 1 unspecified atom stereocenters. The van der Waals surface area contributed by atoms with Gasteiger partial charge in [-0.15, -0.1) is 11.3 Å². The summed E-state index contributed by atoms with van der Waals surface area (Å²) in [5.74, 6) is 0.514. The molecule has 0 bridgehead atoms. The van der Waals surface area contributed by atoms with Crippen LogP contribution < -0.4 is 0 Å². The molecule has 1 saturated heterocycles. The van der Waals surface area contributed by atoms with Crippen LogP contribution in [-0.4, -0.2) is 46.4 Å². The summed E-state index contributed by atoms with van der Waals surface area (Å²) in [6.07, 6.45) is 2.92. The third kappa shape index (κ3) is 3.60. The Kier molecular flexibility index (Phi) is 4.37. The Hall–Kier alpha value is -1.76. The van der Waals surface area contributed by atoms with Gasteiger partial charge in [-0.25, -0.2) is 4.98 Å². The number of ether oxygens (including phenoxy) is 1. The lowest BCUT2D eigenvalue weighted by Crippen LogP contribution is -2.30. The third-order valence-electron chi connectivity index (χ3n) is 4.32. The van der Waals surface area contributed by atoms with E-state index in [1.807, 2.05) is 11.7 Å². The van der Waals surface area contributed by atoms with Crippen LogP contribution in [0.1, 0.15) is 11.3 Å². The van der Waals surface area contributed by atoms with E-state index in [1.165, 1.54) is 10.9 Å². The number of nitrogens with zero attached hydrogens (tertiary/aromatic N) is 3. The van der Waals surface area contributed by atoms with Gasteiger partial charge in [0.15, 0.2) is 0 Å². The highest BCUT2D eigenvalue weighted by atomic mass is 32.1. The summed E-state index contributed by atoms with van der Waals surface area (Å²) < 4.78 is 5.82. The zero-order valence-electron chi connectivity index (χ0n) is 12.9. The van der Waals surface area contributed by atoms with Crippen LogP contribution in [0.25, 0.3) is 10.9 Å². The maximum absolute atomic E-state index is 5.82. The molecular weight excluding hydrogens is 308 g/mol. The maximum atomic E-state index is 5.82. The van der Waals surface area contributed by atoms with Crippen molar-refractivity contribution < 1.29 is 4.74 Å². The fourth-order valence-corrected chi connectivity index (χ4v) is 3.77. The second-order valence-corrected chi connectivity index (χ2v) is 6.87. The van der Waals surface area contributed by atoms with Crippen molar-refractivity contribution in [2.24, 2.45) is 5.92 Å². The van der Waals surface area contributed by atoms with Crippen molar-refractivity contribution in [3.63, 3.8) is 0 Å². The van der Waals surface area contributed by atoms with Crippen LogP contribution in [0.15, 0.2) is 35.3 Å². The number of aromatic amines is 1. The van der Waals surface area contributed by atoms with Crippen molar-refractivity contribution in [1.82, 2.24) is 20.1 Å². The number of hydrogen-bond donors (Lipinski definition) is 1. The highest BCUT2D eigenvalue weighted by Gasteiger charge is 2.20. The summed E-state index contributed by atoms with van der Waals surface area (Å²) >= 11 is 1.66. The molecule has 4 rings (SSSR count). The van der Waals surface area contributed by atoms with Crippen LogP contribution in [0, 0.1) is 5.92 Å². The molecule has 0 amide bonds. The van der Waals surface area contributed by atoms with E-state index in [9.17, 15) is 0 Å². The predicted molar refractivity (Wildman–Crippen MR) is 91.5 cm³/mol. The molecule has 23 heavy (non-hydrogen) atoms. The molecule has 6 heteroatoms. The number of nitrogens with one attached hydrogen (secondary N) is 1. The van der Waals surface area contributed by atoms with E-state index >= 15 is 0 Å². The summed E-state index contributed by atoms with van der Waals surface area (Å²) in [5, 5.41) is 10.4. The van der Waals surface area contributed by atoms with Crippen molar-refractivity contribution in [2.45, 2.75) is 13.0 Å². The second kappa shape index (κ2) is 6.78. The minimum absolute atomic E-state index is 0.514. The number of benzene rings is 1. The summed E-state index contributed by atoms with van der Waals surface area (Å²) in [5.41, 5.74) is 5.51. The smallest absolute Gasteiger partial charge is 0.0795 e. The molecule has 1 atom stereocenters. The number of thiazole rings is 1. The summed E-state index contributed by atoms with van der Waals surface area (Å²) in [6.45, 7) is 4.60. The predicted octanol–water partition coefficient (Wildman–Crippen LogP) is 2.71. The summed E-state index contributed by atoms with van der Waals surface area (Å²) in [7, 11) is 0. The van der Waals surface area contributed by atoms with Crippen LogP contribution in [0.2, 0.25) is 0 Å². The molecule has 1 aliphatic heterocycles. The molecular formula is C17H20N4OS. The van der Waals surface area contributed by atoms with Crippen LogP contribution >= 0.6 is 11.3 Å². The van der Waals surface area contributed by atoms with Crippen LogP contribution in [-0.2, 0) is 17.7 Å². The minimum atomic E-state index is 0.514. The van der Waals surface area contributed by atoms with Gasteiger partial charge in [0.05, 0.1) is 36.1 Å². The quantitative estimate of drug-likeness (QED) is 0.800. The fraction of sp³-hybridized carbons (Fsp3) is 0.412. The van der Waals surface area contributed by atoms with Crippen LogP contribution in [0.4, 0.5) is 0 Å². The van der Waals surface area contributed by atoms with Crippen molar-refractivity contribution in [1.29, 1.82) is 0 Å². The van der Waals surface area contributed by atoms with Gasteiger partial charge in [0.25, 0.3) is 0 Å². The summed E-state index contributed by atoms with van der Waals surface area (Å²) in [4.78, 5) is 6.87. The zero-order chi connectivity index (χ0) is 15.5. The Morgan fingerprint density at radius 3 is 3.30 bits per heavy atom. The highest BCUT2D eigenvalue weighted by Crippen LogP contribution is 2.19. The molecule has 0 saturated carbocycles. The number of rotatable bonds is 4. The average molecular weight is 328 g/mol. The monoisotopic (exact) mass is 328 g/mol. The van der Waals surface area contributed by atoms with Gasteiger partial charge in [0.2, 0.25) is 0 Å². The van der Waals surface area contributed by atoms with Gasteiger partial charge in [-0.05, 0) is 30.0 Å². The Morgan fingerprint density at radius 1 is 1.39 bits per heavy atom. The highest BCUT2D eigenvalue weighted by molar-refractivity contribution is 7.07. The topological polar surface area (TPSA) is 54.0 Å². The summed E-state index contributed by atoms with van der Waals surface area (Å²) in [6, 6.07) is 6.53. The first-order valence-corrected chi connectivity index (χ1v) is 8.90. The van der Waals surface area contributed by atoms with Crippen molar-refractivity contribution in [3.8, 4) is 0 Å². The van der Waals surface area contributed by atoms with E-state index in [1.54, 1.807) is 11.3 Å². The standard InChI is InChI=1S/C17H20N4OS/c1-2-17-15(7-19-20-17)6-13(1)5-14-8-21(3-4-22-10-14)9-16-11-23-12-18-16/h1-2,6-7,11-12,14H,3-5,8-10H2,(H,19,20). The molecule has 2 aromatic heterocycles. The number of fused-ring (bicyclic) bond motifs is 1. The van der Waals surface area contributed by atoms with Crippen molar-refractivity contribution >= 4 is 22.2 Å². The Morgan fingerprint density at radius 2 is 2.39 bits per heavy atom. The molecule has 5 nitrogen and oxygen atoms in total. The molecule has 0 radical (unpaired) electrons. The molecule has 1 aliphatic rings. The van der Waals surface area contributed by atoms with Gasteiger partial charge in [-0.1, -0.05) is 6.07 Å². The van der Waals surface area contributed by atoms with Gasteiger partial charge < -0.3 is 4.74 Å². The lowest BCUT2D eigenvalue weighted by Gasteiger charge is -2.22. The van der Waals surface area contributed by atoms with Crippen LogP contribution in [0.3, 0.4) is 0 Å². The number of hydrogen-bond acceptors (Lipinski definition) is 5. The lowest BCUT2D eigenvalue weighted by molar-refractivity contribution is 0.121. The third-order valence-corrected chi connectivity index (χ3v) is 4.96. The Bertz CT molecular complexity index is 755. The van der Waals surface area contributed by atoms with E-state index in [0.29, 0.717) is 5.92 Å². The number of aromatic nitrogens is 3. The number of H-pyrrole nitrogens is 1. The molecule has 120 valence electrons. The van der Waals surface area contributed by atoms with Crippen molar-refractivity contribution in [2.75, 3.05) is 26.3 Å². The molecule has 1 N–H and O–H groups in total. The minimum Gasteiger partial charge on any atom is -0.380 e.